The zero-order valence-corrected chi connectivity index (χ0v) is 23.1. The number of anilines is 1. The summed E-state index contributed by atoms with van der Waals surface area (Å²) in [6.07, 6.45) is 9.15. The lowest BCUT2D eigenvalue weighted by atomic mass is 10.1. The van der Waals surface area contributed by atoms with Crippen LogP contribution in [0.15, 0.2) is 36.4 Å². The predicted molar refractivity (Wildman–Crippen MR) is 151 cm³/mol. The number of ether oxygens (including phenoxy) is 3. The molecule has 1 fully saturated rings. The second-order valence-electron chi connectivity index (χ2n) is 9.57. The second-order valence-corrected chi connectivity index (χ2v) is 9.57. The monoisotopic (exact) mass is 509 g/mol. The van der Waals surface area contributed by atoms with Gasteiger partial charge in [-0.15, -0.1) is 0 Å². The van der Waals surface area contributed by atoms with Crippen molar-refractivity contribution >= 4 is 17.7 Å². The molecule has 1 aliphatic heterocycles. The van der Waals surface area contributed by atoms with Gasteiger partial charge in [-0.3, -0.25) is 10.2 Å². The normalized spacial score (nSPS) is 14.1. The summed E-state index contributed by atoms with van der Waals surface area (Å²) >= 11 is 0. The van der Waals surface area contributed by atoms with Gasteiger partial charge in [-0.1, -0.05) is 38.7 Å². The minimum absolute atomic E-state index is 0.162. The van der Waals surface area contributed by atoms with Crippen molar-refractivity contribution in [2.24, 2.45) is 0 Å². The van der Waals surface area contributed by atoms with Crippen LogP contribution >= 0.6 is 0 Å². The Morgan fingerprint density at radius 3 is 2.22 bits per heavy atom. The molecule has 202 valence electrons. The van der Waals surface area contributed by atoms with E-state index in [-0.39, 0.29) is 5.91 Å². The molecular weight excluding hydrogens is 466 g/mol. The van der Waals surface area contributed by atoms with Crippen LogP contribution in [0.5, 0.6) is 17.2 Å². The van der Waals surface area contributed by atoms with E-state index in [1.54, 1.807) is 20.3 Å². The van der Waals surface area contributed by atoms with E-state index in [0.29, 0.717) is 23.9 Å². The highest BCUT2D eigenvalue weighted by Gasteiger charge is 2.19. The number of methoxy groups -OCH3 is 2. The fourth-order valence-corrected chi connectivity index (χ4v) is 4.38. The molecule has 1 heterocycles. The Labute approximate surface area is 222 Å². The molecule has 1 aliphatic rings. The van der Waals surface area contributed by atoms with Gasteiger partial charge in [0.05, 0.1) is 20.8 Å². The van der Waals surface area contributed by atoms with Crippen LogP contribution in [0.25, 0.3) is 6.08 Å². The van der Waals surface area contributed by atoms with Crippen LogP contribution in [0.1, 0.15) is 55.7 Å². The van der Waals surface area contributed by atoms with E-state index in [1.807, 2.05) is 17.1 Å². The first-order valence-electron chi connectivity index (χ1n) is 13.4. The third kappa shape index (κ3) is 8.42. The Hall–Kier alpha value is -3.19. The number of nitrogens with one attached hydrogen (secondary N) is 1. The van der Waals surface area contributed by atoms with Crippen molar-refractivity contribution in [3.05, 3.63) is 53.1 Å². The molecule has 0 aliphatic carbocycles. The SMILES string of the molecule is CCCCCCCOc1c(OC)cc(C=CC(=O)NN2CCN(c3ccc(C)c(C)c3)CC2)cc1OC. The summed E-state index contributed by atoms with van der Waals surface area (Å²) in [5, 5.41) is 1.98. The predicted octanol–water partition coefficient (Wildman–Crippen LogP) is 5.54. The maximum atomic E-state index is 12.6. The van der Waals surface area contributed by atoms with Crippen molar-refractivity contribution in [3.8, 4) is 17.2 Å². The van der Waals surface area contributed by atoms with Gasteiger partial charge in [-0.2, -0.15) is 0 Å². The average molecular weight is 510 g/mol. The molecule has 2 aromatic rings. The van der Waals surface area contributed by atoms with Crippen LogP contribution in [0.3, 0.4) is 0 Å². The van der Waals surface area contributed by atoms with E-state index >= 15 is 0 Å². The minimum atomic E-state index is -0.162. The van der Waals surface area contributed by atoms with E-state index in [1.165, 1.54) is 42.2 Å². The van der Waals surface area contributed by atoms with Gasteiger partial charge in [0, 0.05) is 37.9 Å². The summed E-state index contributed by atoms with van der Waals surface area (Å²) in [7, 11) is 3.22. The largest absolute Gasteiger partial charge is 0.493 e. The fraction of sp³-hybridized carbons (Fsp3) is 0.500. The molecule has 7 heteroatoms. The Kier molecular flexibility index (Phi) is 11.1. The van der Waals surface area contributed by atoms with Crippen LogP contribution in [-0.2, 0) is 4.79 Å². The molecule has 0 saturated carbocycles. The average Bonchev–Trinajstić information content (AvgIpc) is 2.91. The van der Waals surface area contributed by atoms with Crippen LogP contribution in [0.4, 0.5) is 5.69 Å². The van der Waals surface area contributed by atoms with E-state index in [0.717, 1.165) is 44.6 Å². The summed E-state index contributed by atoms with van der Waals surface area (Å²) in [6.45, 7) is 10.3. The summed E-state index contributed by atoms with van der Waals surface area (Å²) in [4.78, 5) is 15.0. The summed E-state index contributed by atoms with van der Waals surface area (Å²) in [5.41, 5.74) is 7.64. The summed E-state index contributed by atoms with van der Waals surface area (Å²) in [5.74, 6) is 1.62. The van der Waals surface area contributed by atoms with Crippen molar-refractivity contribution in [1.29, 1.82) is 0 Å². The van der Waals surface area contributed by atoms with Crippen molar-refractivity contribution in [3.63, 3.8) is 0 Å². The number of amides is 1. The van der Waals surface area contributed by atoms with E-state index in [4.69, 9.17) is 14.2 Å². The maximum absolute atomic E-state index is 12.6. The Bertz CT molecular complexity index is 1020. The fourth-order valence-electron chi connectivity index (χ4n) is 4.38. The first kappa shape index (κ1) is 28.4. The van der Waals surface area contributed by atoms with E-state index < -0.39 is 0 Å². The highest BCUT2D eigenvalue weighted by molar-refractivity contribution is 5.91. The first-order valence-corrected chi connectivity index (χ1v) is 13.4. The molecule has 0 aromatic heterocycles. The lowest BCUT2D eigenvalue weighted by Crippen LogP contribution is -2.53. The van der Waals surface area contributed by atoms with Gasteiger partial charge >= 0.3 is 0 Å². The van der Waals surface area contributed by atoms with E-state index in [2.05, 4.69) is 49.3 Å². The molecule has 0 radical (unpaired) electrons. The number of carbonyl (C=O) groups is 1. The van der Waals surface area contributed by atoms with Gasteiger partial charge in [0.15, 0.2) is 11.5 Å². The lowest BCUT2D eigenvalue weighted by Gasteiger charge is -2.36. The molecule has 37 heavy (non-hydrogen) atoms. The first-order chi connectivity index (χ1) is 17.9. The van der Waals surface area contributed by atoms with Gasteiger partial charge in [0.1, 0.15) is 0 Å². The zero-order chi connectivity index (χ0) is 26.6. The standard InChI is InChI=1S/C30H43N3O4/c1-6-7-8-9-10-19-37-30-27(35-4)21-25(22-28(30)36-5)12-14-29(34)31-33-17-15-32(16-18-33)26-13-11-23(2)24(3)20-26/h11-14,20-22H,6-10,15-19H2,1-5H3,(H,31,34). The van der Waals surface area contributed by atoms with E-state index in [9.17, 15) is 4.79 Å². The molecule has 2 aromatic carbocycles. The van der Waals surface area contributed by atoms with Gasteiger partial charge in [-0.05, 0) is 67.3 Å². The summed E-state index contributed by atoms with van der Waals surface area (Å²) in [6, 6.07) is 10.3. The number of hydrogen-bond donors (Lipinski definition) is 1. The van der Waals surface area contributed by atoms with Gasteiger partial charge in [0.2, 0.25) is 5.75 Å². The van der Waals surface area contributed by atoms with Crippen LogP contribution in [-0.4, -0.2) is 57.9 Å². The van der Waals surface area contributed by atoms with Crippen molar-refractivity contribution in [2.45, 2.75) is 52.9 Å². The Balaban J connectivity index is 1.53. The number of rotatable bonds is 13. The number of hydrazine groups is 1. The Morgan fingerprint density at radius 1 is 0.919 bits per heavy atom. The van der Waals surface area contributed by atoms with Gasteiger partial charge in [0.25, 0.3) is 5.91 Å². The molecule has 1 amide bonds. The summed E-state index contributed by atoms with van der Waals surface area (Å²) < 4.78 is 17.1. The third-order valence-electron chi connectivity index (χ3n) is 6.81. The number of piperazine rings is 1. The highest BCUT2D eigenvalue weighted by Crippen LogP contribution is 2.39. The number of carbonyl (C=O) groups excluding carboxylic acids is 1. The van der Waals surface area contributed by atoms with Crippen LogP contribution in [0.2, 0.25) is 0 Å². The number of aryl methyl sites for hydroxylation is 2. The molecule has 0 atom stereocenters. The molecule has 0 spiro atoms. The minimum Gasteiger partial charge on any atom is -0.493 e. The molecule has 7 nitrogen and oxygen atoms in total. The van der Waals surface area contributed by atoms with Crippen molar-refractivity contribution in [2.75, 3.05) is 51.9 Å². The topological polar surface area (TPSA) is 63.3 Å². The number of hydrogen-bond acceptors (Lipinski definition) is 6. The third-order valence-corrected chi connectivity index (χ3v) is 6.81. The van der Waals surface area contributed by atoms with Crippen LogP contribution < -0.4 is 24.5 Å². The number of nitrogens with zero attached hydrogens (tertiary/aromatic N) is 2. The van der Waals surface area contributed by atoms with Gasteiger partial charge in [-0.25, -0.2) is 5.01 Å². The van der Waals surface area contributed by atoms with Crippen LogP contribution in [0, 0.1) is 13.8 Å². The molecule has 1 N–H and O–H groups in total. The second kappa shape index (κ2) is 14.5. The molecular formula is C30H43N3O4. The number of unbranched alkanes of at least 4 members (excludes halogenated alkanes) is 4. The quantitative estimate of drug-likeness (QED) is 0.283. The molecule has 1 saturated heterocycles. The van der Waals surface area contributed by atoms with Gasteiger partial charge < -0.3 is 19.1 Å². The molecule has 0 unspecified atom stereocenters. The smallest absolute Gasteiger partial charge is 0.258 e. The molecule has 3 rings (SSSR count). The maximum Gasteiger partial charge on any atom is 0.258 e. The zero-order valence-electron chi connectivity index (χ0n) is 23.1. The Morgan fingerprint density at radius 2 is 1.59 bits per heavy atom. The number of benzene rings is 2. The van der Waals surface area contributed by atoms with Crippen molar-refractivity contribution < 1.29 is 19.0 Å². The highest BCUT2D eigenvalue weighted by atomic mass is 16.5. The lowest BCUT2D eigenvalue weighted by molar-refractivity contribution is -0.121. The molecule has 0 bridgehead atoms. The van der Waals surface area contributed by atoms with Crippen molar-refractivity contribution in [1.82, 2.24) is 10.4 Å².